The van der Waals surface area contributed by atoms with Crippen LogP contribution in [0.2, 0.25) is 0 Å². The van der Waals surface area contributed by atoms with Gasteiger partial charge in [0, 0.05) is 24.2 Å². The molecular weight excluding hydrogens is 276 g/mol. The first kappa shape index (κ1) is 14.7. The van der Waals surface area contributed by atoms with Crippen LogP contribution in [0, 0.1) is 0 Å². The van der Waals surface area contributed by atoms with Crippen LogP contribution in [0.5, 0.6) is 0 Å². The summed E-state index contributed by atoms with van der Waals surface area (Å²) in [5.74, 6) is 0.967. The summed E-state index contributed by atoms with van der Waals surface area (Å²) < 4.78 is 1.58. The molecule has 0 radical (unpaired) electrons. The van der Waals surface area contributed by atoms with Crippen molar-refractivity contribution >= 4 is 17.7 Å². The van der Waals surface area contributed by atoms with Gasteiger partial charge in [0.1, 0.15) is 0 Å². The molecule has 0 aliphatic carbocycles. The van der Waals surface area contributed by atoms with Gasteiger partial charge in [-0.1, -0.05) is 18.7 Å². The number of anilines is 1. The number of rotatable bonds is 6. The highest BCUT2D eigenvalue weighted by Gasteiger charge is 2.15. The van der Waals surface area contributed by atoms with E-state index < -0.39 is 6.10 Å². The number of hydrogen-bond acceptors (Lipinski definition) is 7. The Kier molecular flexibility index (Phi) is 4.91. The molecule has 0 amide bonds. The second-order valence-electron chi connectivity index (χ2n) is 4.29. The highest BCUT2D eigenvalue weighted by atomic mass is 32.2. The molecule has 0 aromatic carbocycles. The van der Waals surface area contributed by atoms with Crippen molar-refractivity contribution in [2.24, 2.45) is 0 Å². The Morgan fingerprint density at radius 1 is 1.35 bits per heavy atom. The van der Waals surface area contributed by atoms with E-state index in [1.807, 2.05) is 19.9 Å². The Balaban J connectivity index is 2.31. The molecule has 0 saturated carbocycles. The largest absolute Gasteiger partial charge is 0.392 e. The van der Waals surface area contributed by atoms with Crippen LogP contribution >= 0.6 is 11.8 Å². The van der Waals surface area contributed by atoms with Gasteiger partial charge in [0.2, 0.25) is 5.95 Å². The predicted octanol–water partition coefficient (Wildman–Crippen LogP) is 1.35. The zero-order valence-electron chi connectivity index (χ0n) is 11.7. The van der Waals surface area contributed by atoms with Crippen LogP contribution in [0.15, 0.2) is 23.6 Å². The Morgan fingerprint density at radius 2 is 2.15 bits per heavy atom. The predicted molar refractivity (Wildman–Crippen MR) is 78.1 cm³/mol. The average molecular weight is 294 g/mol. The van der Waals surface area contributed by atoms with Gasteiger partial charge in [-0.05, 0) is 19.9 Å². The fourth-order valence-electron chi connectivity index (χ4n) is 1.39. The molecule has 0 bridgehead atoms. The van der Waals surface area contributed by atoms with Gasteiger partial charge in [0.15, 0.2) is 5.16 Å². The molecule has 2 aromatic heterocycles. The molecule has 2 unspecified atom stereocenters. The van der Waals surface area contributed by atoms with E-state index in [1.165, 1.54) is 11.8 Å². The summed E-state index contributed by atoms with van der Waals surface area (Å²) >= 11 is 1.41. The third-order valence-electron chi connectivity index (χ3n) is 2.62. The first-order valence-electron chi connectivity index (χ1n) is 6.45. The molecule has 2 atom stereocenters. The number of nitrogens with zero attached hydrogens (tertiary/aromatic N) is 5. The Labute approximate surface area is 121 Å². The van der Waals surface area contributed by atoms with E-state index in [-0.39, 0.29) is 5.25 Å². The van der Waals surface area contributed by atoms with Gasteiger partial charge in [-0.2, -0.15) is 20.1 Å². The number of aliphatic hydroxyl groups excluding tert-OH is 1. The summed E-state index contributed by atoms with van der Waals surface area (Å²) in [5.41, 5.74) is 0. The van der Waals surface area contributed by atoms with Gasteiger partial charge in [-0.15, -0.1) is 0 Å². The van der Waals surface area contributed by atoms with Crippen molar-refractivity contribution in [1.29, 1.82) is 0 Å². The van der Waals surface area contributed by atoms with E-state index in [9.17, 15) is 5.11 Å². The molecule has 0 saturated heterocycles. The Hall–Kier alpha value is -1.67. The molecule has 2 N–H and O–H groups in total. The van der Waals surface area contributed by atoms with Gasteiger partial charge in [-0.25, -0.2) is 4.68 Å². The molecule has 0 aliphatic rings. The fourth-order valence-corrected chi connectivity index (χ4v) is 2.19. The third kappa shape index (κ3) is 3.67. The average Bonchev–Trinajstić information content (AvgIpc) is 2.92. The van der Waals surface area contributed by atoms with Crippen molar-refractivity contribution < 1.29 is 5.11 Å². The van der Waals surface area contributed by atoms with E-state index in [0.29, 0.717) is 17.1 Å². The normalized spacial score (nSPS) is 14.0. The second-order valence-corrected chi connectivity index (χ2v) is 5.63. The molecule has 8 heteroatoms. The Morgan fingerprint density at radius 3 is 2.75 bits per heavy atom. The summed E-state index contributed by atoms with van der Waals surface area (Å²) in [6.07, 6.45) is 3.01. The lowest BCUT2D eigenvalue weighted by molar-refractivity contribution is 0.196. The van der Waals surface area contributed by atoms with E-state index in [0.717, 1.165) is 6.54 Å². The van der Waals surface area contributed by atoms with Crippen molar-refractivity contribution in [2.45, 2.75) is 37.3 Å². The number of nitrogens with one attached hydrogen (secondary N) is 1. The highest BCUT2D eigenvalue weighted by molar-refractivity contribution is 7.99. The monoisotopic (exact) mass is 294 g/mol. The topological polar surface area (TPSA) is 88.8 Å². The van der Waals surface area contributed by atoms with Crippen molar-refractivity contribution in [3.63, 3.8) is 0 Å². The van der Waals surface area contributed by atoms with Crippen molar-refractivity contribution in [1.82, 2.24) is 24.7 Å². The van der Waals surface area contributed by atoms with Gasteiger partial charge >= 0.3 is 0 Å². The molecule has 108 valence electrons. The maximum atomic E-state index is 9.58. The summed E-state index contributed by atoms with van der Waals surface area (Å²) in [6.45, 7) is 6.37. The molecule has 7 nitrogen and oxygen atoms in total. The smallest absolute Gasteiger partial charge is 0.256 e. The first-order valence-corrected chi connectivity index (χ1v) is 7.32. The second kappa shape index (κ2) is 6.67. The minimum Gasteiger partial charge on any atom is -0.392 e. The summed E-state index contributed by atoms with van der Waals surface area (Å²) in [4.78, 5) is 13.0. The summed E-state index contributed by atoms with van der Waals surface area (Å²) in [5, 5.41) is 17.3. The molecule has 0 aliphatic heterocycles. The van der Waals surface area contributed by atoms with Crippen LogP contribution < -0.4 is 5.32 Å². The minimum absolute atomic E-state index is 0.00246. The van der Waals surface area contributed by atoms with Crippen LogP contribution in [0.25, 0.3) is 5.95 Å². The van der Waals surface area contributed by atoms with Crippen molar-refractivity contribution in [3.05, 3.63) is 18.5 Å². The quantitative estimate of drug-likeness (QED) is 0.777. The summed E-state index contributed by atoms with van der Waals surface area (Å²) in [6, 6.07) is 1.81. The zero-order valence-corrected chi connectivity index (χ0v) is 12.5. The SMILES string of the molecule is CCNc1nc(SC(C)C(C)O)nc(-n2cccn2)n1. The van der Waals surface area contributed by atoms with Crippen LogP contribution in [-0.4, -0.2) is 47.7 Å². The minimum atomic E-state index is -0.437. The zero-order chi connectivity index (χ0) is 14.5. The molecule has 20 heavy (non-hydrogen) atoms. The van der Waals surface area contributed by atoms with Crippen LogP contribution in [-0.2, 0) is 0 Å². The third-order valence-corrected chi connectivity index (χ3v) is 3.78. The lowest BCUT2D eigenvalue weighted by Crippen LogP contribution is -2.17. The van der Waals surface area contributed by atoms with Crippen LogP contribution in [0.1, 0.15) is 20.8 Å². The first-order chi connectivity index (χ1) is 9.60. The molecule has 2 aromatic rings. The van der Waals surface area contributed by atoms with Crippen molar-refractivity contribution in [2.75, 3.05) is 11.9 Å². The number of aliphatic hydroxyl groups is 1. The molecule has 2 rings (SSSR count). The number of thioether (sulfide) groups is 1. The van der Waals surface area contributed by atoms with Gasteiger partial charge in [0.25, 0.3) is 5.95 Å². The lowest BCUT2D eigenvalue weighted by Gasteiger charge is -2.13. The van der Waals surface area contributed by atoms with Gasteiger partial charge < -0.3 is 10.4 Å². The van der Waals surface area contributed by atoms with E-state index >= 15 is 0 Å². The van der Waals surface area contributed by atoms with Crippen LogP contribution in [0.3, 0.4) is 0 Å². The van der Waals surface area contributed by atoms with E-state index in [2.05, 4.69) is 25.4 Å². The van der Waals surface area contributed by atoms with E-state index in [1.54, 1.807) is 24.0 Å². The molecule has 2 heterocycles. The summed E-state index contributed by atoms with van der Waals surface area (Å²) in [7, 11) is 0. The van der Waals surface area contributed by atoms with Crippen LogP contribution in [0.4, 0.5) is 5.95 Å². The number of aromatic nitrogens is 5. The van der Waals surface area contributed by atoms with Gasteiger partial charge in [-0.3, -0.25) is 0 Å². The standard InChI is InChI=1S/C12H18N6OS/c1-4-13-10-15-11(18-7-5-6-14-18)17-12(16-10)20-9(3)8(2)19/h5-9,19H,4H2,1-3H3,(H,13,15,16,17). The maximum Gasteiger partial charge on any atom is 0.256 e. The maximum absolute atomic E-state index is 9.58. The van der Waals surface area contributed by atoms with Gasteiger partial charge in [0.05, 0.1) is 6.10 Å². The molecule has 0 fully saturated rings. The fraction of sp³-hybridized carbons (Fsp3) is 0.500. The van der Waals surface area contributed by atoms with Crippen molar-refractivity contribution in [3.8, 4) is 5.95 Å². The van der Waals surface area contributed by atoms with E-state index in [4.69, 9.17) is 0 Å². The Bertz CT molecular complexity index is 545. The lowest BCUT2D eigenvalue weighted by atomic mass is 10.3. The molecule has 0 spiro atoms. The number of hydrogen-bond donors (Lipinski definition) is 2. The highest BCUT2D eigenvalue weighted by Crippen LogP contribution is 2.23. The molecular formula is C12H18N6OS.